The van der Waals surface area contributed by atoms with E-state index >= 15 is 0 Å². The highest BCUT2D eigenvalue weighted by Gasteiger charge is 2.27. The third-order valence-corrected chi connectivity index (χ3v) is 6.05. The van der Waals surface area contributed by atoms with Gasteiger partial charge in [-0.05, 0) is 71.6 Å². The molecule has 1 fully saturated rings. The minimum absolute atomic E-state index is 0.172. The quantitative estimate of drug-likeness (QED) is 0.459. The number of amides is 1. The van der Waals surface area contributed by atoms with Gasteiger partial charge in [-0.15, -0.1) is 16.8 Å². The van der Waals surface area contributed by atoms with Crippen LogP contribution in [-0.4, -0.2) is 22.1 Å². The molecule has 0 bridgehead atoms. The molecule has 1 N–H and O–H groups in total. The summed E-state index contributed by atoms with van der Waals surface area (Å²) in [6.07, 6.45) is 6.39. The number of fused-ring (bicyclic) bond motifs is 1. The number of carbonyl (C=O) groups excluding carboxylic acids is 1. The van der Waals surface area contributed by atoms with Crippen molar-refractivity contribution < 1.29 is 13.6 Å². The van der Waals surface area contributed by atoms with E-state index in [9.17, 15) is 4.79 Å². The second-order valence-electron chi connectivity index (χ2n) is 7.66. The summed E-state index contributed by atoms with van der Waals surface area (Å²) >= 11 is 3.58. The highest BCUT2D eigenvalue weighted by atomic mass is 79.9. The second kappa shape index (κ2) is 8.14. The number of hydrogen-bond acceptors (Lipinski definition) is 5. The molecule has 1 unspecified atom stereocenters. The summed E-state index contributed by atoms with van der Waals surface area (Å²) in [6, 6.07) is 4.14. The Hall–Kier alpha value is -2.41. The summed E-state index contributed by atoms with van der Waals surface area (Å²) in [6.45, 7) is 7.64. The van der Waals surface area contributed by atoms with Crippen LogP contribution in [0.5, 0.6) is 0 Å². The minimum atomic E-state index is -0.251. The van der Waals surface area contributed by atoms with E-state index in [4.69, 9.17) is 8.83 Å². The number of hydrogen-bond donors (Lipinski definition) is 1. The van der Waals surface area contributed by atoms with Gasteiger partial charge in [0.05, 0.1) is 4.47 Å². The largest absolute Gasteiger partial charge is 0.449 e. The Bertz CT molecular complexity index is 1060. The predicted molar refractivity (Wildman–Crippen MR) is 114 cm³/mol. The molecule has 1 aromatic carbocycles. The maximum Gasteiger partial charge on any atom is 0.288 e. The standard InChI is InChI=1S/C22H24BrN3O3/c1-4-16(6-5-7-18-26-25-13(3)28-18)24-22(27)21-19(23)17-11-15(14-8-9-14)10-12(2)20(17)29-21/h4,10-11,14,16H,1,5-9H2,2-3H3,(H,24,27). The van der Waals surface area contributed by atoms with Gasteiger partial charge >= 0.3 is 0 Å². The number of aryl methyl sites for hydroxylation is 3. The maximum absolute atomic E-state index is 12.9. The molecule has 1 saturated carbocycles. The zero-order valence-corrected chi connectivity index (χ0v) is 18.2. The van der Waals surface area contributed by atoms with Crippen LogP contribution in [0.3, 0.4) is 0 Å². The number of rotatable bonds is 8. The molecule has 2 aromatic heterocycles. The van der Waals surface area contributed by atoms with E-state index in [2.05, 4.69) is 50.2 Å². The number of carbonyl (C=O) groups is 1. The number of benzene rings is 1. The van der Waals surface area contributed by atoms with Crippen LogP contribution < -0.4 is 5.32 Å². The Labute approximate surface area is 177 Å². The fourth-order valence-corrected chi connectivity index (χ4v) is 4.12. The van der Waals surface area contributed by atoms with E-state index in [1.807, 2.05) is 6.92 Å². The van der Waals surface area contributed by atoms with Gasteiger partial charge in [0.15, 0.2) is 0 Å². The second-order valence-corrected chi connectivity index (χ2v) is 8.45. The zero-order chi connectivity index (χ0) is 20.5. The van der Waals surface area contributed by atoms with Crippen molar-refractivity contribution in [2.75, 3.05) is 0 Å². The van der Waals surface area contributed by atoms with Crippen LogP contribution in [0.15, 0.2) is 38.1 Å². The predicted octanol–water partition coefficient (Wildman–Crippen LogP) is 5.38. The molecule has 152 valence electrons. The van der Waals surface area contributed by atoms with Gasteiger partial charge in [0, 0.05) is 24.8 Å². The number of furan rings is 1. The SMILES string of the molecule is C=CC(CCCc1nnc(C)o1)NC(=O)c1oc2c(C)cc(C3CC3)cc2c1Br. The Morgan fingerprint density at radius 1 is 1.34 bits per heavy atom. The Morgan fingerprint density at radius 2 is 2.14 bits per heavy atom. The van der Waals surface area contributed by atoms with Gasteiger partial charge in [0.25, 0.3) is 5.91 Å². The summed E-state index contributed by atoms with van der Waals surface area (Å²) in [5, 5.41) is 11.8. The van der Waals surface area contributed by atoms with Crippen molar-refractivity contribution in [2.45, 2.75) is 57.9 Å². The van der Waals surface area contributed by atoms with Crippen molar-refractivity contribution in [1.29, 1.82) is 0 Å². The van der Waals surface area contributed by atoms with Crippen molar-refractivity contribution >= 4 is 32.8 Å². The summed E-state index contributed by atoms with van der Waals surface area (Å²) in [5.41, 5.74) is 3.14. The third-order valence-electron chi connectivity index (χ3n) is 5.27. The smallest absolute Gasteiger partial charge is 0.288 e. The van der Waals surface area contributed by atoms with Gasteiger partial charge in [0.1, 0.15) is 5.58 Å². The Kier molecular flexibility index (Phi) is 5.58. The first-order valence-electron chi connectivity index (χ1n) is 9.91. The topological polar surface area (TPSA) is 81.2 Å². The van der Waals surface area contributed by atoms with Crippen molar-refractivity contribution in [3.63, 3.8) is 0 Å². The molecule has 1 aliphatic carbocycles. The Morgan fingerprint density at radius 3 is 2.79 bits per heavy atom. The first kappa shape index (κ1) is 19.9. The van der Waals surface area contributed by atoms with Gasteiger partial charge in [-0.25, -0.2) is 0 Å². The molecule has 1 amide bonds. The lowest BCUT2D eigenvalue weighted by Gasteiger charge is -2.13. The van der Waals surface area contributed by atoms with Crippen LogP contribution in [0.2, 0.25) is 0 Å². The fourth-order valence-electron chi connectivity index (χ4n) is 3.56. The lowest BCUT2D eigenvalue weighted by molar-refractivity contribution is 0.0916. The molecule has 29 heavy (non-hydrogen) atoms. The lowest BCUT2D eigenvalue weighted by atomic mass is 10.0. The van der Waals surface area contributed by atoms with E-state index in [-0.39, 0.29) is 11.9 Å². The van der Waals surface area contributed by atoms with Gasteiger partial charge in [-0.3, -0.25) is 4.79 Å². The third kappa shape index (κ3) is 4.29. The lowest BCUT2D eigenvalue weighted by Crippen LogP contribution is -2.33. The Balaban J connectivity index is 1.45. The number of halogens is 1. The zero-order valence-electron chi connectivity index (χ0n) is 16.6. The highest BCUT2D eigenvalue weighted by molar-refractivity contribution is 9.10. The molecule has 6 nitrogen and oxygen atoms in total. The molecule has 0 spiro atoms. The van der Waals surface area contributed by atoms with E-state index in [1.165, 1.54) is 18.4 Å². The summed E-state index contributed by atoms with van der Waals surface area (Å²) in [7, 11) is 0. The number of nitrogens with zero attached hydrogens (tertiary/aromatic N) is 2. The van der Waals surface area contributed by atoms with Gasteiger partial charge in [-0.1, -0.05) is 12.1 Å². The monoisotopic (exact) mass is 457 g/mol. The van der Waals surface area contributed by atoms with Crippen LogP contribution in [0.1, 0.15) is 65.1 Å². The number of nitrogens with one attached hydrogen (secondary N) is 1. The molecular formula is C22H24BrN3O3. The van der Waals surface area contributed by atoms with Crippen molar-refractivity contribution in [2.24, 2.45) is 0 Å². The number of aromatic nitrogens is 2. The van der Waals surface area contributed by atoms with E-state index in [1.54, 1.807) is 13.0 Å². The van der Waals surface area contributed by atoms with Crippen LogP contribution in [-0.2, 0) is 6.42 Å². The van der Waals surface area contributed by atoms with Crippen LogP contribution >= 0.6 is 15.9 Å². The molecule has 0 aliphatic heterocycles. The molecule has 0 radical (unpaired) electrons. The molecule has 1 atom stereocenters. The fraction of sp³-hybridized carbons (Fsp3) is 0.409. The van der Waals surface area contributed by atoms with Gasteiger partial charge in [0.2, 0.25) is 17.5 Å². The molecule has 1 aliphatic rings. The summed E-state index contributed by atoms with van der Waals surface area (Å²) in [5.74, 6) is 1.86. The van der Waals surface area contributed by atoms with Crippen molar-refractivity contribution in [1.82, 2.24) is 15.5 Å². The van der Waals surface area contributed by atoms with Gasteiger partial charge in [-0.2, -0.15) is 0 Å². The maximum atomic E-state index is 12.9. The molecule has 3 aromatic rings. The molecular weight excluding hydrogens is 434 g/mol. The van der Waals surface area contributed by atoms with Crippen LogP contribution in [0, 0.1) is 13.8 Å². The van der Waals surface area contributed by atoms with Crippen molar-refractivity contribution in [3.05, 3.63) is 57.9 Å². The first-order chi connectivity index (χ1) is 14.0. The molecule has 2 heterocycles. The van der Waals surface area contributed by atoms with Gasteiger partial charge < -0.3 is 14.2 Å². The van der Waals surface area contributed by atoms with E-state index in [0.29, 0.717) is 34.4 Å². The average Bonchev–Trinajstić information content (AvgIpc) is 3.39. The molecule has 0 saturated heterocycles. The average molecular weight is 458 g/mol. The van der Waals surface area contributed by atoms with E-state index in [0.717, 1.165) is 29.4 Å². The van der Waals surface area contributed by atoms with E-state index < -0.39 is 0 Å². The summed E-state index contributed by atoms with van der Waals surface area (Å²) < 4.78 is 12.0. The van der Waals surface area contributed by atoms with Crippen LogP contribution in [0.25, 0.3) is 11.0 Å². The highest BCUT2D eigenvalue weighted by Crippen LogP contribution is 2.43. The van der Waals surface area contributed by atoms with Crippen molar-refractivity contribution in [3.8, 4) is 0 Å². The minimum Gasteiger partial charge on any atom is -0.449 e. The molecule has 4 rings (SSSR count). The first-order valence-corrected chi connectivity index (χ1v) is 10.7. The molecule has 7 heteroatoms. The summed E-state index contributed by atoms with van der Waals surface area (Å²) in [4.78, 5) is 12.9. The normalized spacial score (nSPS) is 14.9. The van der Waals surface area contributed by atoms with Crippen LogP contribution in [0.4, 0.5) is 0 Å².